The quantitative estimate of drug-likeness (QED) is 0.545. The lowest BCUT2D eigenvalue weighted by molar-refractivity contribution is -0.140. The highest BCUT2D eigenvalue weighted by molar-refractivity contribution is 5.81. The fraction of sp³-hybridized carbons (Fsp3) is 0.769. The van der Waals surface area contributed by atoms with Gasteiger partial charge in [-0.15, -0.1) is 0 Å². The normalized spacial score (nSPS) is 12.9. The van der Waals surface area contributed by atoms with Gasteiger partial charge in [0, 0.05) is 6.42 Å². The average Bonchev–Trinajstić information content (AvgIpc) is 2.34. The molecule has 0 fully saturated rings. The molecule has 118 valence electrons. The molecule has 0 aromatic heterocycles. The first-order valence-electron chi connectivity index (χ1n) is 6.58. The fourth-order valence-corrected chi connectivity index (χ4v) is 1.11. The van der Waals surface area contributed by atoms with Crippen molar-refractivity contribution in [3.05, 3.63) is 0 Å². The first-order chi connectivity index (χ1) is 9.11. The Balaban J connectivity index is 0. The van der Waals surface area contributed by atoms with Crippen molar-refractivity contribution in [3.8, 4) is 0 Å². The van der Waals surface area contributed by atoms with Gasteiger partial charge < -0.3 is 21.3 Å². The summed E-state index contributed by atoms with van der Waals surface area (Å²) in [7, 11) is 0. The lowest BCUT2D eigenvalue weighted by Crippen LogP contribution is -2.36. The molecule has 5 N–H and O–H groups in total. The molecule has 7 nitrogen and oxygen atoms in total. The van der Waals surface area contributed by atoms with Gasteiger partial charge in [0.05, 0.1) is 0 Å². The summed E-state index contributed by atoms with van der Waals surface area (Å²) in [6.45, 7) is 7.28. The molecule has 0 saturated heterocycles. The number of hydrogen-bond donors (Lipinski definition) is 4. The van der Waals surface area contributed by atoms with E-state index in [0.717, 1.165) is 6.42 Å². The second-order valence-corrected chi connectivity index (χ2v) is 5.02. The molecule has 20 heavy (non-hydrogen) atoms. The van der Waals surface area contributed by atoms with E-state index in [1.807, 2.05) is 27.7 Å². The molecule has 2 atom stereocenters. The Morgan fingerprint density at radius 3 is 1.90 bits per heavy atom. The van der Waals surface area contributed by atoms with Crippen molar-refractivity contribution in [2.24, 2.45) is 17.6 Å². The van der Waals surface area contributed by atoms with Gasteiger partial charge in [0.25, 0.3) is 0 Å². The van der Waals surface area contributed by atoms with Crippen LogP contribution in [0.5, 0.6) is 0 Å². The second-order valence-electron chi connectivity index (χ2n) is 5.02. The molecular formula is C13H26N2O5. The SMILES string of the molecule is CC(C)CC(=O)NCC(=O)O.CCC(C)C(N)C(=O)O. The van der Waals surface area contributed by atoms with Crippen LogP contribution in [-0.4, -0.2) is 40.6 Å². The average molecular weight is 290 g/mol. The summed E-state index contributed by atoms with van der Waals surface area (Å²) in [5, 5.41) is 18.8. The lowest BCUT2D eigenvalue weighted by atomic mass is 10.0. The van der Waals surface area contributed by atoms with E-state index in [9.17, 15) is 14.4 Å². The Hall–Kier alpha value is -1.63. The predicted molar refractivity (Wildman–Crippen MR) is 75.2 cm³/mol. The monoisotopic (exact) mass is 290 g/mol. The zero-order valence-corrected chi connectivity index (χ0v) is 12.5. The first-order valence-corrected chi connectivity index (χ1v) is 6.58. The molecule has 0 heterocycles. The summed E-state index contributed by atoms with van der Waals surface area (Å²) < 4.78 is 0. The van der Waals surface area contributed by atoms with Gasteiger partial charge in [-0.25, -0.2) is 0 Å². The van der Waals surface area contributed by atoms with E-state index < -0.39 is 18.0 Å². The Labute approximate surface area is 119 Å². The van der Waals surface area contributed by atoms with Gasteiger partial charge in [-0.2, -0.15) is 0 Å². The van der Waals surface area contributed by atoms with Gasteiger partial charge in [0.15, 0.2) is 0 Å². The number of carbonyl (C=O) groups excluding carboxylic acids is 1. The van der Waals surface area contributed by atoms with Gasteiger partial charge in [0.1, 0.15) is 12.6 Å². The zero-order valence-electron chi connectivity index (χ0n) is 12.5. The maximum absolute atomic E-state index is 10.8. The van der Waals surface area contributed by atoms with Crippen LogP contribution >= 0.6 is 0 Å². The summed E-state index contributed by atoms with van der Waals surface area (Å²) in [5.41, 5.74) is 5.27. The van der Waals surface area contributed by atoms with Gasteiger partial charge in [-0.3, -0.25) is 14.4 Å². The van der Waals surface area contributed by atoms with Crippen molar-refractivity contribution in [1.29, 1.82) is 0 Å². The molecule has 1 amide bonds. The van der Waals surface area contributed by atoms with Crippen LogP contribution in [0.15, 0.2) is 0 Å². The van der Waals surface area contributed by atoms with Crippen LogP contribution in [-0.2, 0) is 14.4 Å². The number of rotatable bonds is 7. The summed E-state index contributed by atoms with van der Waals surface area (Å²) >= 11 is 0. The van der Waals surface area contributed by atoms with Crippen LogP contribution in [0.4, 0.5) is 0 Å². The Morgan fingerprint density at radius 1 is 1.15 bits per heavy atom. The number of hydrogen-bond acceptors (Lipinski definition) is 4. The van der Waals surface area contributed by atoms with Crippen LogP contribution in [0.25, 0.3) is 0 Å². The van der Waals surface area contributed by atoms with Crippen LogP contribution in [0.3, 0.4) is 0 Å². The van der Waals surface area contributed by atoms with Crippen molar-refractivity contribution in [3.63, 3.8) is 0 Å². The minimum atomic E-state index is -1.01. The van der Waals surface area contributed by atoms with Crippen molar-refractivity contribution in [2.75, 3.05) is 6.54 Å². The third kappa shape index (κ3) is 12.8. The molecule has 0 aromatic rings. The molecule has 0 rings (SSSR count). The number of aliphatic carboxylic acids is 2. The number of carbonyl (C=O) groups is 3. The third-order valence-electron chi connectivity index (χ3n) is 2.57. The molecular weight excluding hydrogens is 264 g/mol. The molecule has 0 aliphatic carbocycles. The van der Waals surface area contributed by atoms with E-state index >= 15 is 0 Å². The molecule has 7 heteroatoms. The van der Waals surface area contributed by atoms with E-state index in [0.29, 0.717) is 6.42 Å². The second kappa shape index (κ2) is 11.2. The maximum Gasteiger partial charge on any atom is 0.322 e. The summed E-state index contributed by atoms with van der Waals surface area (Å²) in [5.74, 6) is -1.79. The Bertz CT molecular complexity index is 318. The lowest BCUT2D eigenvalue weighted by Gasteiger charge is -2.11. The van der Waals surface area contributed by atoms with E-state index in [1.54, 1.807) is 0 Å². The van der Waals surface area contributed by atoms with E-state index in [1.165, 1.54) is 0 Å². The molecule has 0 bridgehead atoms. The number of carboxylic acid groups (broad SMARTS) is 2. The van der Waals surface area contributed by atoms with Crippen molar-refractivity contribution in [1.82, 2.24) is 5.32 Å². The smallest absolute Gasteiger partial charge is 0.322 e. The summed E-state index contributed by atoms with van der Waals surface area (Å²) in [6.07, 6.45) is 1.20. The van der Waals surface area contributed by atoms with Gasteiger partial charge in [-0.05, 0) is 11.8 Å². The summed E-state index contributed by atoms with van der Waals surface area (Å²) in [6, 6.07) is -0.699. The van der Waals surface area contributed by atoms with Crippen LogP contribution < -0.4 is 11.1 Å². The van der Waals surface area contributed by atoms with E-state index in [4.69, 9.17) is 15.9 Å². The van der Waals surface area contributed by atoms with Crippen LogP contribution in [0.1, 0.15) is 40.5 Å². The fourth-order valence-electron chi connectivity index (χ4n) is 1.11. The number of amides is 1. The molecule has 0 saturated carbocycles. The van der Waals surface area contributed by atoms with Gasteiger partial charge in [0.2, 0.25) is 5.91 Å². The minimum absolute atomic E-state index is 0.0718. The van der Waals surface area contributed by atoms with Gasteiger partial charge >= 0.3 is 11.9 Å². The van der Waals surface area contributed by atoms with E-state index in [2.05, 4.69) is 5.32 Å². The Kier molecular flexibility index (Phi) is 11.6. The molecule has 0 radical (unpaired) electrons. The third-order valence-corrected chi connectivity index (χ3v) is 2.57. The largest absolute Gasteiger partial charge is 0.480 e. The number of nitrogens with one attached hydrogen (secondary N) is 1. The van der Waals surface area contributed by atoms with Crippen LogP contribution in [0.2, 0.25) is 0 Å². The molecule has 0 aromatic carbocycles. The first kappa shape index (κ1) is 20.7. The summed E-state index contributed by atoms with van der Waals surface area (Å²) in [4.78, 5) is 30.9. The topological polar surface area (TPSA) is 130 Å². The molecule has 0 spiro atoms. The molecule has 0 aliphatic rings. The highest BCUT2D eigenvalue weighted by atomic mass is 16.4. The van der Waals surface area contributed by atoms with E-state index in [-0.39, 0.29) is 24.3 Å². The highest BCUT2D eigenvalue weighted by Crippen LogP contribution is 2.04. The Morgan fingerprint density at radius 2 is 1.65 bits per heavy atom. The van der Waals surface area contributed by atoms with Crippen molar-refractivity contribution in [2.45, 2.75) is 46.6 Å². The van der Waals surface area contributed by atoms with Crippen molar-refractivity contribution >= 4 is 17.8 Å². The minimum Gasteiger partial charge on any atom is -0.480 e. The number of carboxylic acids is 2. The molecule has 0 aliphatic heterocycles. The van der Waals surface area contributed by atoms with Gasteiger partial charge in [-0.1, -0.05) is 34.1 Å². The predicted octanol–water partition coefficient (Wildman–Crippen LogP) is 0.678. The maximum atomic E-state index is 10.8. The number of nitrogens with two attached hydrogens (primary N) is 1. The standard InChI is InChI=1S/C7H13NO3.C6H13NO2/c1-5(2)3-6(9)8-4-7(10)11;1-3-4(2)5(7)6(8)9/h5H,3-4H2,1-2H3,(H,8,9)(H,10,11);4-5H,3,7H2,1-2H3,(H,8,9). The highest BCUT2D eigenvalue weighted by Gasteiger charge is 2.17. The molecule has 2 unspecified atom stereocenters. The van der Waals surface area contributed by atoms with Crippen molar-refractivity contribution < 1.29 is 24.6 Å². The van der Waals surface area contributed by atoms with Crippen LogP contribution in [0, 0.1) is 11.8 Å². The zero-order chi connectivity index (χ0) is 16.3.